The zero-order chi connectivity index (χ0) is 40.6. The van der Waals surface area contributed by atoms with E-state index in [2.05, 4.69) is 32.6 Å². The van der Waals surface area contributed by atoms with E-state index in [-0.39, 0.29) is 25.2 Å². The molecule has 0 saturated heterocycles. The van der Waals surface area contributed by atoms with Crippen molar-refractivity contribution in [2.75, 3.05) is 26.2 Å². The maximum atomic E-state index is 12.7. The molecule has 54 heavy (non-hydrogen) atoms. The summed E-state index contributed by atoms with van der Waals surface area (Å²) in [5, 5.41) is 16.5. The molecule has 0 bridgehead atoms. The fraction of sp³-hybridized carbons (Fsp3) is 0.958. The van der Waals surface area contributed by atoms with Crippen LogP contribution in [-0.2, 0) is 14.3 Å². The third kappa shape index (κ3) is 47.0. The van der Waals surface area contributed by atoms with Gasteiger partial charge in [0.1, 0.15) is 6.10 Å². The van der Waals surface area contributed by atoms with Crippen molar-refractivity contribution in [3.8, 4) is 0 Å². The quantitative estimate of drug-likeness (QED) is 0.0366. The Morgan fingerprint density at radius 1 is 0.519 bits per heavy atom. The van der Waals surface area contributed by atoms with E-state index in [0.29, 0.717) is 6.42 Å². The summed E-state index contributed by atoms with van der Waals surface area (Å²) < 4.78 is 6.04. The van der Waals surface area contributed by atoms with Gasteiger partial charge in [0.05, 0.1) is 6.61 Å². The first-order valence-electron chi connectivity index (χ1n) is 24.1. The third-order valence-corrected chi connectivity index (χ3v) is 11.0. The highest BCUT2D eigenvalue weighted by Crippen LogP contribution is 2.22. The van der Waals surface area contributed by atoms with Crippen molar-refractivity contribution in [3.63, 3.8) is 0 Å². The minimum absolute atomic E-state index is 0.0366. The van der Waals surface area contributed by atoms with Gasteiger partial charge in [-0.25, -0.2) is 0 Å². The third-order valence-electron chi connectivity index (χ3n) is 11.0. The number of aliphatic hydroxyl groups excluding tert-OH is 1. The van der Waals surface area contributed by atoms with E-state index < -0.39 is 0 Å². The molecule has 0 aliphatic heterocycles. The van der Waals surface area contributed by atoms with E-state index in [9.17, 15) is 9.90 Å². The van der Waals surface area contributed by atoms with Crippen molar-refractivity contribution in [2.24, 2.45) is 5.92 Å². The summed E-state index contributed by atoms with van der Waals surface area (Å²) in [6.45, 7) is 16.3. The van der Waals surface area contributed by atoms with Crippen LogP contribution in [-0.4, -0.2) is 59.9 Å². The van der Waals surface area contributed by atoms with Gasteiger partial charge in [0.15, 0.2) is 0 Å². The molecule has 0 heterocycles. The second kappa shape index (κ2) is 51.9. The minimum atomic E-state index is -0.250. The van der Waals surface area contributed by atoms with Crippen LogP contribution < -0.4 is 0 Å². The summed E-state index contributed by atoms with van der Waals surface area (Å²) in [5.41, 5.74) is 0. The first kappa shape index (κ1) is 57.2. The van der Waals surface area contributed by atoms with E-state index >= 15 is 0 Å². The molecule has 6 nitrogen and oxygen atoms in total. The molecule has 0 fully saturated rings. The number of carboxylic acid groups (broad SMARTS) is 1. The van der Waals surface area contributed by atoms with Crippen LogP contribution in [0.25, 0.3) is 0 Å². The van der Waals surface area contributed by atoms with Crippen LogP contribution in [0.4, 0.5) is 0 Å². The second-order valence-electron chi connectivity index (χ2n) is 15.8. The van der Waals surface area contributed by atoms with Crippen LogP contribution in [0.3, 0.4) is 0 Å². The highest BCUT2D eigenvalue weighted by atomic mass is 16.5. The summed E-state index contributed by atoms with van der Waals surface area (Å²) in [7, 11) is 0. The van der Waals surface area contributed by atoms with Crippen LogP contribution in [0.2, 0.25) is 0 Å². The van der Waals surface area contributed by atoms with Crippen molar-refractivity contribution in [1.82, 2.24) is 4.90 Å². The van der Waals surface area contributed by atoms with Gasteiger partial charge >= 0.3 is 5.97 Å². The Morgan fingerprint density at radius 2 is 0.852 bits per heavy atom. The molecule has 0 aromatic heterocycles. The topological polar surface area (TPSA) is 87.1 Å². The van der Waals surface area contributed by atoms with Gasteiger partial charge in [-0.15, -0.1) is 0 Å². The summed E-state index contributed by atoms with van der Waals surface area (Å²) in [5.74, 6) is 0.960. The Balaban J connectivity index is -0.00000493. The number of nitrogens with zero attached hydrogens (tertiary/aromatic N) is 1. The van der Waals surface area contributed by atoms with Gasteiger partial charge in [0.2, 0.25) is 0 Å². The number of hydrogen-bond acceptors (Lipinski definition) is 5. The van der Waals surface area contributed by atoms with Gasteiger partial charge < -0.3 is 19.8 Å². The van der Waals surface area contributed by atoms with Gasteiger partial charge in [-0.1, -0.05) is 208 Å². The number of hydrogen-bond donors (Lipinski definition) is 2. The normalized spacial score (nSPS) is 11.6. The number of ether oxygens (including phenoxy) is 1. The molecule has 0 rings (SSSR count). The van der Waals surface area contributed by atoms with Crippen LogP contribution in [0, 0.1) is 5.92 Å². The molecular formula is C48H99NO5. The molecule has 1 unspecified atom stereocenters. The van der Waals surface area contributed by atoms with E-state index in [1.165, 1.54) is 186 Å². The van der Waals surface area contributed by atoms with Crippen molar-refractivity contribution >= 4 is 12.4 Å². The fourth-order valence-electron chi connectivity index (χ4n) is 7.49. The highest BCUT2D eigenvalue weighted by Gasteiger charge is 2.14. The molecule has 1 atom stereocenters. The molecule has 0 amide bonds. The summed E-state index contributed by atoms with van der Waals surface area (Å²) >= 11 is 0. The molecule has 6 heteroatoms. The Kier molecular flexibility index (Phi) is 54.9. The first-order chi connectivity index (χ1) is 26.5. The van der Waals surface area contributed by atoms with Gasteiger partial charge in [-0.3, -0.25) is 9.59 Å². The lowest BCUT2D eigenvalue weighted by atomic mass is 9.92. The zero-order valence-corrected chi connectivity index (χ0v) is 37.7. The van der Waals surface area contributed by atoms with Crippen LogP contribution >= 0.6 is 0 Å². The second-order valence-corrected chi connectivity index (χ2v) is 15.8. The lowest BCUT2D eigenvalue weighted by Crippen LogP contribution is -2.29. The number of aliphatic hydroxyl groups is 1. The first-order valence-corrected chi connectivity index (χ1v) is 24.1. The predicted octanol–water partition coefficient (Wildman–Crippen LogP) is 14.9. The van der Waals surface area contributed by atoms with E-state index in [1.54, 1.807) is 0 Å². The zero-order valence-electron chi connectivity index (χ0n) is 37.7. The predicted molar refractivity (Wildman–Crippen MR) is 237 cm³/mol. The standard InChI is InChI=1S/C45H91NO3.C2H6.CH2O2/c1-5-9-12-15-18-19-21-27-34-43(8-4)35-28-26-33-40-46(41-42-47)39-32-25-20-24-31-38-45(48)49-44(36-29-22-16-13-10-6-2)37-30-23-17-14-11-7-3;1-2;2-1-3/h43-44,47H,5-42H2,1-4H3;1-2H3;1H,(H,2,3). The molecule has 0 spiro atoms. The molecule has 0 aliphatic rings. The molecular weight excluding hydrogens is 671 g/mol. The monoisotopic (exact) mass is 770 g/mol. The van der Waals surface area contributed by atoms with Crippen LogP contribution in [0.5, 0.6) is 0 Å². The van der Waals surface area contributed by atoms with Crippen molar-refractivity contribution < 1.29 is 24.5 Å². The van der Waals surface area contributed by atoms with Crippen LogP contribution in [0.1, 0.15) is 260 Å². The van der Waals surface area contributed by atoms with Gasteiger partial charge in [-0.2, -0.15) is 0 Å². The van der Waals surface area contributed by atoms with Crippen molar-refractivity contribution in [1.29, 1.82) is 0 Å². The van der Waals surface area contributed by atoms with E-state index in [1.807, 2.05) is 13.8 Å². The average Bonchev–Trinajstić information content (AvgIpc) is 3.18. The lowest BCUT2D eigenvalue weighted by Gasteiger charge is -2.21. The van der Waals surface area contributed by atoms with Gasteiger partial charge in [0, 0.05) is 13.0 Å². The Labute approximate surface area is 339 Å². The molecule has 326 valence electrons. The highest BCUT2D eigenvalue weighted by molar-refractivity contribution is 5.69. The molecule has 0 radical (unpaired) electrons. The number of carbonyl (C=O) groups excluding carboxylic acids is 1. The summed E-state index contributed by atoms with van der Waals surface area (Å²) in [6.07, 6.45) is 43.5. The van der Waals surface area contributed by atoms with E-state index in [0.717, 1.165) is 51.2 Å². The molecule has 2 N–H and O–H groups in total. The van der Waals surface area contributed by atoms with Crippen molar-refractivity contribution in [3.05, 3.63) is 0 Å². The molecule has 0 saturated carbocycles. The summed E-state index contributed by atoms with van der Waals surface area (Å²) in [4.78, 5) is 23.5. The number of carbonyl (C=O) groups is 2. The molecule has 0 aromatic carbocycles. The van der Waals surface area contributed by atoms with Gasteiger partial charge in [-0.05, 0) is 64.0 Å². The fourth-order valence-corrected chi connectivity index (χ4v) is 7.49. The maximum Gasteiger partial charge on any atom is 0.306 e. The largest absolute Gasteiger partial charge is 0.483 e. The van der Waals surface area contributed by atoms with E-state index in [4.69, 9.17) is 14.6 Å². The average molecular weight is 770 g/mol. The number of esters is 1. The minimum Gasteiger partial charge on any atom is -0.483 e. The van der Waals surface area contributed by atoms with Crippen LogP contribution in [0.15, 0.2) is 0 Å². The Morgan fingerprint density at radius 3 is 1.24 bits per heavy atom. The smallest absolute Gasteiger partial charge is 0.306 e. The maximum absolute atomic E-state index is 12.7. The number of unbranched alkanes of at least 4 members (excludes halogenated alkanes) is 23. The number of rotatable bonds is 41. The Bertz CT molecular complexity index is 674. The SMILES string of the molecule is CC.CCCCCCCCCCC(CC)CCCCCN(CCO)CCCCCCCC(=O)OC(CCCCCCCC)CCCCCCCC.O=CO. The summed E-state index contributed by atoms with van der Waals surface area (Å²) in [6, 6.07) is 0. The molecule has 0 aromatic rings. The van der Waals surface area contributed by atoms with Crippen molar-refractivity contribution in [2.45, 2.75) is 266 Å². The molecule has 0 aliphatic carbocycles. The van der Waals surface area contributed by atoms with Gasteiger partial charge in [0.25, 0.3) is 6.47 Å². The lowest BCUT2D eigenvalue weighted by molar-refractivity contribution is -0.150. The Hall–Kier alpha value is -1.14.